The Morgan fingerprint density at radius 2 is 1.88 bits per heavy atom. The Balaban J connectivity index is 4.06. The fourth-order valence-electron chi connectivity index (χ4n) is 1.20. The lowest BCUT2D eigenvalue weighted by atomic mass is 10.0. The van der Waals surface area contributed by atoms with E-state index in [4.69, 9.17) is 9.84 Å². The third kappa shape index (κ3) is 7.32. The van der Waals surface area contributed by atoms with Gasteiger partial charge < -0.3 is 15.2 Å². The monoisotopic (exact) mass is 245 g/mol. The Hall–Kier alpha value is -1.59. The van der Waals surface area contributed by atoms with Crippen molar-refractivity contribution < 1.29 is 24.2 Å². The maximum absolute atomic E-state index is 11.6. The van der Waals surface area contributed by atoms with Crippen LogP contribution in [-0.2, 0) is 19.1 Å². The molecule has 2 N–H and O–H groups in total. The average Bonchev–Trinajstić information content (AvgIpc) is 2.19. The van der Waals surface area contributed by atoms with Gasteiger partial charge in [0.05, 0.1) is 6.61 Å². The molecule has 0 aliphatic carbocycles. The van der Waals surface area contributed by atoms with Gasteiger partial charge in [0.1, 0.15) is 6.04 Å². The number of hydrogen-bond donors (Lipinski definition) is 2. The number of carbonyl (C=O) groups excluding carboxylic acids is 2. The first kappa shape index (κ1) is 15.4. The van der Waals surface area contributed by atoms with Gasteiger partial charge >= 0.3 is 11.9 Å². The summed E-state index contributed by atoms with van der Waals surface area (Å²) < 4.78 is 4.90. The van der Waals surface area contributed by atoms with E-state index in [0.29, 0.717) is 0 Å². The Kier molecular flexibility index (Phi) is 6.93. The lowest BCUT2D eigenvalue weighted by Crippen LogP contribution is -2.44. The molecule has 1 unspecified atom stereocenters. The molecule has 0 rings (SSSR count). The molecular formula is C11H19NO5. The van der Waals surface area contributed by atoms with Gasteiger partial charge in [0.2, 0.25) is 5.91 Å². The third-order valence-electron chi connectivity index (χ3n) is 2.06. The number of esters is 1. The number of amides is 1. The standard InChI is InChI=1S/C11H19NO5/c1-7(2)10(12-8(3)13)11(16)17-6-4-5-9(14)15/h7,10H,4-6H2,1-3H3,(H,12,13)(H,14,15). The van der Waals surface area contributed by atoms with Crippen molar-refractivity contribution in [1.29, 1.82) is 0 Å². The van der Waals surface area contributed by atoms with Crippen molar-refractivity contribution >= 4 is 17.8 Å². The number of rotatable bonds is 7. The van der Waals surface area contributed by atoms with Crippen LogP contribution in [0, 0.1) is 5.92 Å². The van der Waals surface area contributed by atoms with E-state index in [9.17, 15) is 14.4 Å². The molecular weight excluding hydrogens is 226 g/mol. The number of carboxylic acids is 1. The van der Waals surface area contributed by atoms with Crippen molar-refractivity contribution in [3.05, 3.63) is 0 Å². The molecule has 98 valence electrons. The second kappa shape index (κ2) is 7.65. The lowest BCUT2D eigenvalue weighted by molar-refractivity contribution is -0.150. The van der Waals surface area contributed by atoms with Gasteiger partial charge in [-0.05, 0) is 12.3 Å². The van der Waals surface area contributed by atoms with Crippen LogP contribution in [0.1, 0.15) is 33.6 Å². The number of nitrogens with one attached hydrogen (secondary N) is 1. The molecule has 6 nitrogen and oxygen atoms in total. The fraction of sp³-hybridized carbons (Fsp3) is 0.727. The topological polar surface area (TPSA) is 92.7 Å². The van der Waals surface area contributed by atoms with Crippen LogP contribution in [0.3, 0.4) is 0 Å². The molecule has 1 atom stereocenters. The Morgan fingerprint density at radius 3 is 2.29 bits per heavy atom. The van der Waals surface area contributed by atoms with Gasteiger partial charge in [-0.15, -0.1) is 0 Å². The lowest BCUT2D eigenvalue weighted by Gasteiger charge is -2.19. The van der Waals surface area contributed by atoms with E-state index in [1.54, 1.807) is 13.8 Å². The molecule has 0 heterocycles. The summed E-state index contributed by atoms with van der Waals surface area (Å²) in [5.74, 6) is -1.83. The Morgan fingerprint density at radius 1 is 1.29 bits per heavy atom. The van der Waals surface area contributed by atoms with Crippen molar-refractivity contribution in [3.63, 3.8) is 0 Å². The van der Waals surface area contributed by atoms with Gasteiger partial charge in [0, 0.05) is 13.3 Å². The average molecular weight is 245 g/mol. The first-order chi connectivity index (χ1) is 7.84. The highest BCUT2D eigenvalue weighted by molar-refractivity contribution is 5.83. The number of hydrogen-bond acceptors (Lipinski definition) is 4. The van der Waals surface area contributed by atoms with Crippen molar-refractivity contribution in [1.82, 2.24) is 5.32 Å². The second-order valence-corrected chi connectivity index (χ2v) is 4.09. The van der Waals surface area contributed by atoms with Crippen LogP contribution in [-0.4, -0.2) is 35.6 Å². The minimum atomic E-state index is -0.927. The zero-order chi connectivity index (χ0) is 13.4. The van der Waals surface area contributed by atoms with Crippen LogP contribution in [0.25, 0.3) is 0 Å². The maximum atomic E-state index is 11.6. The molecule has 0 aliphatic rings. The van der Waals surface area contributed by atoms with E-state index < -0.39 is 18.0 Å². The summed E-state index contributed by atoms with van der Waals surface area (Å²) >= 11 is 0. The van der Waals surface area contributed by atoms with Gasteiger partial charge in [-0.2, -0.15) is 0 Å². The summed E-state index contributed by atoms with van der Waals surface area (Å²) in [4.78, 5) is 32.7. The van der Waals surface area contributed by atoms with Crippen LogP contribution in [0.4, 0.5) is 0 Å². The van der Waals surface area contributed by atoms with E-state index in [2.05, 4.69) is 5.32 Å². The third-order valence-corrected chi connectivity index (χ3v) is 2.06. The van der Waals surface area contributed by atoms with Gasteiger partial charge in [-0.3, -0.25) is 9.59 Å². The summed E-state index contributed by atoms with van der Waals surface area (Å²) in [7, 11) is 0. The molecule has 0 aromatic rings. The van der Waals surface area contributed by atoms with Crippen molar-refractivity contribution in [2.45, 2.75) is 39.7 Å². The van der Waals surface area contributed by atoms with Crippen LogP contribution >= 0.6 is 0 Å². The first-order valence-corrected chi connectivity index (χ1v) is 5.50. The number of carbonyl (C=O) groups is 3. The van der Waals surface area contributed by atoms with E-state index >= 15 is 0 Å². The predicted octanol–water partition coefficient (Wildman–Crippen LogP) is 0.555. The highest BCUT2D eigenvalue weighted by atomic mass is 16.5. The second-order valence-electron chi connectivity index (χ2n) is 4.09. The van der Waals surface area contributed by atoms with Crippen LogP contribution < -0.4 is 5.32 Å². The SMILES string of the molecule is CC(=O)NC(C(=O)OCCCC(=O)O)C(C)C. The quantitative estimate of drug-likeness (QED) is 0.505. The van der Waals surface area contributed by atoms with Crippen molar-refractivity contribution in [3.8, 4) is 0 Å². The maximum Gasteiger partial charge on any atom is 0.328 e. The van der Waals surface area contributed by atoms with Crippen molar-refractivity contribution in [2.75, 3.05) is 6.61 Å². The van der Waals surface area contributed by atoms with E-state index in [0.717, 1.165) is 0 Å². The molecule has 0 spiro atoms. The molecule has 0 fully saturated rings. The van der Waals surface area contributed by atoms with E-state index in [1.165, 1.54) is 6.92 Å². The summed E-state index contributed by atoms with van der Waals surface area (Å²) in [6.45, 7) is 4.96. The predicted molar refractivity (Wildman–Crippen MR) is 60.3 cm³/mol. The molecule has 17 heavy (non-hydrogen) atoms. The summed E-state index contributed by atoms with van der Waals surface area (Å²) in [6.07, 6.45) is 0.228. The first-order valence-electron chi connectivity index (χ1n) is 5.50. The number of ether oxygens (including phenoxy) is 1. The van der Waals surface area contributed by atoms with Gasteiger partial charge in [-0.1, -0.05) is 13.8 Å². The molecule has 0 aromatic heterocycles. The number of carboxylic acid groups (broad SMARTS) is 1. The summed E-state index contributed by atoms with van der Waals surface area (Å²) in [6, 6.07) is -0.683. The highest BCUT2D eigenvalue weighted by Gasteiger charge is 2.24. The van der Waals surface area contributed by atoms with E-state index in [1.807, 2.05) is 0 Å². The van der Waals surface area contributed by atoms with Gasteiger partial charge in [0.25, 0.3) is 0 Å². The normalized spacial score (nSPS) is 12.0. The van der Waals surface area contributed by atoms with E-state index in [-0.39, 0.29) is 31.3 Å². The Bertz CT molecular complexity index is 288. The van der Waals surface area contributed by atoms with Crippen LogP contribution in [0.2, 0.25) is 0 Å². The fourth-order valence-corrected chi connectivity index (χ4v) is 1.20. The smallest absolute Gasteiger partial charge is 0.328 e. The molecule has 0 saturated carbocycles. The largest absolute Gasteiger partial charge is 0.481 e. The molecule has 0 radical (unpaired) electrons. The molecule has 6 heteroatoms. The number of aliphatic carboxylic acids is 1. The zero-order valence-corrected chi connectivity index (χ0v) is 10.4. The summed E-state index contributed by atoms with van der Waals surface area (Å²) in [5.41, 5.74) is 0. The van der Waals surface area contributed by atoms with Crippen LogP contribution in [0.5, 0.6) is 0 Å². The van der Waals surface area contributed by atoms with Crippen molar-refractivity contribution in [2.24, 2.45) is 5.92 Å². The minimum absolute atomic E-state index is 0.0419. The molecule has 0 aromatic carbocycles. The highest BCUT2D eigenvalue weighted by Crippen LogP contribution is 2.04. The molecule has 0 saturated heterocycles. The Labute approximate surface area is 100 Å². The van der Waals surface area contributed by atoms with Crippen LogP contribution in [0.15, 0.2) is 0 Å². The minimum Gasteiger partial charge on any atom is -0.481 e. The van der Waals surface area contributed by atoms with Gasteiger partial charge in [0.15, 0.2) is 0 Å². The van der Waals surface area contributed by atoms with Gasteiger partial charge in [-0.25, -0.2) is 4.79 Å². The summed E-state index contributed by atoms with van der Waals surface area (Å²) in [5, 5.41) is 10.9. The molecule has 1 amide bonds. The zero-order valence-electron chi connectivity index (χ0n) is 10.4. The molecule has 0 aliphatic heterocycles. The molecule has 0 bridgehead atoms.